The lowest BCUT2D eigenvalue weighted by Crippen LogP contribution is -2.00. The van der Waals surface area contributed by atoms with Gasteiger partial charge < -0.3 is 9.84 Å². The standard InChI is InChI=1S/C13H10FNO3/c1-18-12-6-5-8(7-9(12)14)10-3-2-4-11(15-10)13(16)17/h2-7H,1H3,(H,16,17). The Bertz CT molecular complexity index is 599. The number of carboxylic acids is 1. The summed E-state index contributed by atoms with van der Waals surface area (Å²) >= 11 is 0. The van der Waals surface area contributed by atoms with Crippen LogP contribution in [0.5, 0.6) is 5.75 Å². The van der Waals surface area contributed by atoms with Crippen LogP contribution in [-0.4, -0.2) is 23.2 Å². The maximum atomic E-state index is 13.5. The monoisotopic (exact) mass is 247 g/mol. The minimum absolute atomic E-state index is 0.0799. The van der Waals surface area contributed by atoms with E-state index in [-0.39, 0.29) is 11.4 Å². The normalized spacial score (nSPS) is 10.1. The van der Waals surface area contributed by atoms with Gasteiger partial charge in [-0.2, -0.15) is 0 Å². The van der Waals surface area contributed by atoms with E-state index >= 15 is 0 Å². The summed E-state index contributed by atoms with van der Waals surface area (Å²) in [7, 11) is 1.38. The molecule has 1 aromatic heterocycles. The number of halogens is 1. The van der Waals surface area contributed by atoms with E-state index in [1.165, 1.54) is 25.3 Å². The molecule has 0 radical (unpaired) electrons. The summed E-state index contributed by atoms with van der Waals surface area (Å²) in [5, 5.41) is 8.84. The zero-order chi connectivity index (χ0) is 13.1. The molecule has 2 rings (SSSR count). The number of hydrogen-bond acceptors (Lipinski definition) is 3. The average Bonchev–Trinajstić information content (AvgIpc) is 2.38. The maximum absolute atomic E-state index is 13.5. The quantitative estimate of drug-likeness (QED) is 0.905. The van der Waals surface area contributed by atoms with Gasteiger partial charge in [-0.1, -0.05) is 6.07 Å². The van der Waals surface area contributed by atoms with Crippen LogP contribution in [0.3, 0.4) is 0 Å². The van der Waals surface area contributed by atoms with E-state index in [9.17, 15) is 9.18 Å². The van der Waals surface area contributed by atoms with Gasteiger partial charge in [0.05, 0.1) is 12.8 Å². The molecule has 2 aromatic rings. The number of aromatic nitrogens is 1. The van der Waals surface area contributed by atoms with Gasteiger partial charge in [-0.15, -0.1) is 0 Å². The van der Waals surface area contributed by atoms with Crippen molar-refractivity contribution in [3.63, 3.8) is 0 Å². The third-order valence-corrected chi connectivity index (χ3v) is 2.42. The SMILES string of the molecule is COc1ccc(-c2cccc(C(=O)O)n2)cc1F. The fourth-order valence-corrected chi connectivity index (χ4v) is 1.54. The number of methoxy groups -OCH3 is 1. The highest BCUT2D eigenvalue weighted by molar-refractivity contribution is 5.86. The summed E-state index contributed by atoms with van der Waals surface area (Å²) in [4.78, 5) is 14.7. The second-order valence-corrected chi connectivity index (χ2v) is 3.56. The Labute approximate surface area is 103 Å². The third kappa shape index (κ3) is 2.29. The molecule has 0 unspecified atom stereocenters. The topological polar surface area (TPSA) is 59.4 Å². The van der Waals surface area contributed by atoms with Crippen LogP contribution >= 0.6 is 0 Å². The minimum atomic E-state index is -1.12. The van der Waals surface area contributed by atoms with E-state index in [0.29, 0.717) is 11.3 Å². The summed E-state index contributed by atoms with van der Waals surface area (Å²) in [6, 6.07) is 8.91. The lowest BCUT2D eigenvalue weighted by Gasteiger charge is -2.05. The molecular weight excluding hydrogens is 237 g/mol. The van der Waals surface area contributed by atoms with Gasteiger partial charge in [0, 0.05) is 5.56 Å². The minimum Gasteiger partial charge on any atom is -0.494 e. The van der Waals surface area contributed by atoms with E-state index in [1.54, 1.807) is 18.2 Å². The molecule has 92 valence electrons. The van der Waals surface area contributed by atoms with Crippen LogP contribution in [0.1, 0.15) is 10.5 Å². The summed E-state index contributed by atoms with van der Waals surface area (Å²) < 4.78 is 18.3. The van der Waals surface area contributed by atoms with Crippen LogP contribution in [0.25, 0.3) is 11.3 Å². The second kappa shape index (κ2) is 4.83. The van der Waals surface area contributed by atoms with Crippen molar-refractivity contribution in [2.75, 3.05) is 7.11 Å². The number of rotatable bonds is 3. The smallest absolute Gasteiger partial charge is 0.354 e. The molecular formula is C13H10FNO3. The van der Waals surface area contributed by atoms with Gasteiger partial charge in [0.2, 0.25) is 0 Å². The van der Waals surface area contributed by atoms with Crippen molar-refractivity contribution < 1.29 is 19.0 Å². The zero-order valence-corrected chi connectivity index (χ0v) is 9.55. The van der Waals surface area contributed by atoms with Crippen molar-refractivity contribution in [1.29, 1.82) is 0 Å². The van der Waals surface area contributed by atoms with Gasteiger partial charge in [0.1, 0.15) is 5.69 Å². The molecule has 0 spiro atoms. The van der Waals surface area contributed by atoms with Crippen LogP contribution in [0, 0.1) is 5.82 Å². The fraction of sp³-hybridized carbons (Fsp3) is 0.0769. The van der Waals surface area contributed by atoms with Crippen LogP contribution in [0.2, 0.25) is 0 Å². The third-order valence-electron chi connectivity index (χ3n) is 2.42. The number of benzene rings is 1. The molecule has 0 atom stereocenters. The molecule has 0 aliphatic heterocycles. The zero-order valence-electron chi connectivity index (χ0n) is 9.55. The molecule has 0 fully saturated rings. The Morgan fingerprint density at radius 1 is 1.33 bits per heavy atom. The summed E-state index contributed by atoms with van der Waals surface area (Å²) in [6.07, 6.45) is 0. The molecule has 1 N–H and O–H groups in total. The Kier molecular flexibility index (Phi) is 3.23. The van der Waals surface area contributed by atoms with Gasteiger partial charge in [-0.05, 0) is 30.3 Å². The van der Waals surface area contributed by atoms with Gasteiger partial charge in [0.15, 0.2) is 11.6 Å². The van der Waals surface area contributed by atoms with E-state index < -0.39 is 11.8 Å². The summed E-state index contributed by atoms with van der Waals surface area (Å²) in [6.45, 7) is 0. The highest BCUT2D eigenvalue weighted by atomic mass is 19.1. The lowest BCUT2D eigenvalue weighted by molar-refractivity contribution is 0.0690. The predicted octanol–water partition coefficient (Wildman–Crippen LogP) is 2.59. The van der Waals surface area contributed by atoms with E-state index in [4.69, 9.17) is 9.84 Å². The number of nitrogens with zero attached hydrogens (tertiary/aromatic N) is 1. The Balaban J connectivity index is 2.45. The first-order valence-electron chi connectivity index (χ1n) is 5.16. The van der Waals surface area contributed by atoms with E-state index in [0.717, 1.165) is 0 Å². The molecule has 0 saturated heterocycles. The number of pyridine rings is 1. The van der Waals surface area contributed by atoms with Gasteiger partial charge in [0.25, 0.3) is 0 Å². The molecule has 4 nitrogen and oxygen atoms in total. The molecule has 1 aromatic carbocycles. The highest BCUT2D eigenvalue weighted by Gasteiger charge is 2.09. The average molecular weight is 247 g/mol. The molecule has 18 heavy (non-hydrogen) atoms. The van der Waals surface area contributed by atoms with Gasteiger partial charge in [-0.3, -0.25) is 0 Å². The van der Waals surface area contributed by atoms with Crippen molar-refractivity contribution in [2.45, 2.75) is 0 Å². The number of aromatic carboxylic acids is 1. The van der Waals surface area contributed by atoms with Crippen LogP contribution in [0.15, 0.2) is 36.4 Å². The Hall–Kier alpha value is -2.43. The summed E-state index contributed by atoms with van der Waals surface area (Å²) in [5.41, 5.74) is 0.816. The summed E-state index contributed by atoms with van der Waals surface area (Å²) in [5.74, 6) is -1.50. The van der Waals surface area contributed by atoms with Crippen LogP contribution in [0.4, 0.5) is 4.39 Å². The largest absolute Gasteiger partial charge is 0.494 e. The molecule has 0 aliphatic carbocycles. The first-order valence-corrected chi connectivity index (χ1v) is 5.16. The molecule has 0 bridgehead atoms. The molecule has 0 aliphatic rings. The fourth-order valence-electron chi connectivity index (χ4n) is 1.54. The van der Waals surface area contributed by atoms with Crippen molar-refractivity contribution in [1.82, 2.24) is 4.98 Å². The van der Waals surface area contributed by atoms with Crippen molar-refractivity contribution in [2.24, 2.45) is 0 Å². The second-order valence-electron chi connectivity index (χ2n) is 3.56. The maximum Gasteiger partial charge on any atom is 0.354 e. The predicted molar refractivity (Wildman–Crippen MR) is 63.1 cm³/mol. The van der Waals surface area contributed by atoms with Crippen molar-refractivity contribution in [3.05, 3.63) is 47.9 Å². The molecule has 0 saturated carbocycles. The molecule has 0 amide bonds. The lowest BCUT2D eigenvalue weighted by atomic mass is 10.1. The molecule has 5 heteroatoms. The molecule has 1 heterocycles. The van der Waals surface area contributed by atoms with Crippen LogP contribution < -0.4 is 4.74 Å². The van der Waals surface area contributed by atoms with E-state index in [1.807, 2.05) is 0 Å². The van der Waals surface area contributed by atoms with Crippen LogP contribution in [-0.2, 0) is 0 Å². The number of hydrogen-bond donors (Lipinski definition) is 1. The first kappa shape index (κ1) is 12.0. The highest BCUT2D eigenvalue weighted by Crippen LogP contribution is 2.24. The number of carboxylic acid groups (broad SMARTS) is 1. The van der Waals surface area contributed by atoms with E-state index in [2.05, 4.69) is 4.98 Å². The first-order chi connectivity index (χ1) is 8.61. The number of ether oxygens (including phenoxy) is 1. The van der Waals surface area contributed by atoms with Gasteiger partial charge in [-0.25, -0.2) is 14.2 Å². The Morgan fingerprint density at radius 2 is 2.11 bits per heavy atom. The van der Waals surface area contributed by atoms with Crippen molar-refractivity contribution >= 4 is 5.97 Å². The number of carbonyl (C=O) groups is 1. The van der Waals surface area contributed by atoms with Crippen molar-refractivity contribution in [3.8, 4) is 17.0 Å². The Morgan fingerprint density at radius 3 is 2.72 bits per heavy atom. The van der Waals surface area contributed by atoms with Gasteiger partial charge >= 0.3 is 5.97 Å².